The predicted molar refractivity (Wildman–Crippen MR) is 102 cm³/mol. The Bertz CT molecular complexity index is 576. The Morgan fingerprint density at radius 2 is 1.52 bits per heavy atom. The van der Waals surface area contributed by atoms with E-state index >= 15 is 0 Å². The fourth-order valence-electron chi connectivity index (χ4n) is 3.65. The molecule has 1 aromatic carbocycles. The number of unbranched alkanes of at least 4 members (excludes halogenated alkanes) is 3. The Hall–Kier alpha value is -0.820. The Balaban J connectivity index is 1.70. The Kier molecular flexibility index (Phi) is 6.89. The van der Waals surface area contributed by atoms with Gasteiger partial charge in [-0.1, -0.05) is 57.7 Å². The van der Waals surface area contributed by atoms with E-state index in [0.29, 0.717) is 36.1 Å². The maximum atomic E-state index is 12.7. The van der Waals surface area contributed by atoms with Gasteiger partial charge in [-0.3, -0.25) is 0 Å². The molecule has 1 aromatic rings. The standard InChI is InChI=1S/C20H31F5OS/c1-2-3-4-5-16-26-19-12-8-17(9-13-19)6-7-18-10-14-20(15-11-18)27(21,22,23,24)25/h10-11,14-15,17,19H,2-9,12-13,16H2,1H3. The molecular formula is C20H31F5OS. The molecule has 0 saturated heterocycles. The minimum Gasteiger partial charge on any atom is -0.378 e. The van der Waals surface area contributed by atoms with Crippen molar-refractivity contribution >= 4 is 10.2 Å². The van der Waals surface area contributed by atoms with Gasteiger partial charge < -0.3 is 4.74 Å². The van der Waals surface area contributed by atoms with Gasteiger partial charge in [-0.25, -0.2) is 0 Å². The number of halogens is 5. The number of rotatable bonds is 10. The molecule has 0 bridgehead atoms. The van der Waals surface area contributed by atoms with Gasteiger partial charge in [-0.15, -0.1) is 0 Å². The molecule has 0 aromatic heterocycles. The van der Waals surface area contributed by atoms with Crippen LogP contribution < -0.4 is 0 Å². The quantitative estimate of drug-likeness (QED) is 0.276. The van der Waals surface area contributed by atoms with Gasteiger partial charge in [0.1, 0.15) is 4.90 Å². The van der Waals surface area contributed by atoms with E-state index in [0.717, 1.165) is 45.1 Å². The van der Waals surface area contributed by atoms with Crippen LogP contribution >= 0.6 is 10.2 Å². The molecular weight excluding hydrogens is 383 g/mol. The Morgan fingerprint density at radius 3 is 2.07 bits per heavy atom. The van der Waals surface area contributed by atoms with Crippen molar-refractivity contribution in [3.63, 3.8) is 0 Å². The fraction of sp³-hybridized carbons (Fsp3) is 0.700. The second-order valence-corrected chi connectivity index (χ2v) is 10.1. The molecule has 0 unspecified atom stereocenters. The van der Waals surface area contributed by atoms with Crippen LogP contribution in [0.25, 0.3) is 0 Å². The molecule has 1 fully saturated rings. The van der Waals surface area contributed by atoms with Crippen LogP contribution in [-0.2, 0) is 11.2 Å². The highest BCUT2D eigenvalue weighted by Gasteiger charge is 2.65. The van der Waals surface area contributed by atoms with Gasteiger partial charge in [-0.05, 0) is 68.6 Å². The van der Waals surface area contributed by atoms with E-state index in [4.69, 9.17) is 4.74 Å². The van der Waals surface area contributed by atoms with Crippen molar-refractivity contribution in [2.45, 2.75) is 82.1 Å². The molecule has 7 heteroatoms. The van der Waals surface area contributed by atoms with E-state index in [1.54, 1.807) is 0 Å². The van der Waals surface area contributed by atoms with Gasteiger partial charge in [0.25, 0.3) is 0 Å². The maximum absolute atomic E-state index is 12.7. The van der Waals surface area contributed by atoms with Crippen LogP contribution in [0, 0.1) is 5.92 Å². The molecule has 1 saturated carbocycles. The van der Waals surface area contributed by atoms with E-state index in [1.807, 2.05) is 0 Å². The molecule has 158 valence electrons. The molecule has 2 rings (SSSR count). The van der Waals surface area contributed by atoms with Crippen molar-refractivity contribution in [3.05, 3.63) is 29.8 Å². The summed E-state index contributed by atoms with van der Waals surface area (Å²) in [5, 5.41) is 0. The summed E-state index contributed by atoms with van der Waals surface area (Å²) in [7, 11) is -9.56. The van der Waals surface area contributed by atoms with Crippen molar-refractivity contribution < 1.29 is 24.2 Å². The number of hydrogen-bond donors (Lipinski definition) is 0. The maximum Gasteiger partial charge on any atom is 0.310 e. The monoisotopic (exact) mass is 414 g/mol. The van der Waals surface area contributed by atoms with Crippen molar-refractivity contribution in [1.82, 2.24) is 0 Å². The van der Waals surface area contributed by atoms with Crippen LogP contribution in [0.2, 0.25) is 0 Å². The van der Waals surface area contributed by atoms with Gasteiger partial charge in [0.15, 0.2) is 0 Å². The van der Waals surface area contributed by atoms with Crippen molar-refractivity contribution in [2.24, 2.45) is 5.92 Å². The summed E-state index contributed by atoms with van der Waals surface area (Å²) in [4.78, 5) is -1.81. The lowest BCUT2D eigenvalue weighted by molar-refractivity contribution is 0.0154. The first-order valence-electron chi connectivity index (χ1n) is 9.92. The van der Waals surface area contributed by atoms with Gasteiger partial charge in [0.2, 0.25) is 0 Å². The molecule has 1 aliphatic carbocycles. The van der Waals surface area contributed by atoms with E-state index < -0.39 is 15.1 Å². The molecule has 0 aliphatic heterocycles. The van der Waals surface area contributed by atoms with Crippen molar-refractivity contribution in [3.8, 4) is 0 Å². The van der Waals surface area contributed by atoms with Crippen LogP contribution in [0.4, 0.5) is 19.4 Å². The van der Waals surface area contributed by atoms with Crippen molar-refractivity contribution in [1.29, 1.82) is 0 Å². The number of benzene rings is 1. The SMILES string of the molecule is CCCCCCOC1CCC(CCc2ccc(S(F)(F)(F)(F)F)cc2)CC1. The van der Waals surface area contributed by atoms with E-state index in [9.17, 15) is 19.4 Å². The van der Waals surface area contributed by atoms with Crippen LogP contribution in [0.15, 0.2) is 29.2 Å². The lowest BCUT2D eigenvalue weighted by Crippen LogP contribution is -2.22. The average molecular weight is 415 g/mol. The molecule has 0 atom stereocenters. The smallest absolute Gasteiger partial charge is 0.310 e. The summed E-state index contributed by atoms with van der Waals surface area (Å²) in [6.07, 6.45) is 10.8. The van der Waals surface area contributed by atoms with Crippen LogP contribution in [-0.4, -0.2) is 12.7 Å². The van der Waals surface area contributed by atoms with Gasteiger partial charge in [0.05, 0.1) is 6.10 Å². The second-order valence-electron chi connectivity index (χ2n) is 7.73. The first-order chi connectivity index (χ1) is 12.5. The van der Waals surface area contributed by atoms with E-state index in [2.05, 4.69) is 6.92 Å². The molecule has 0 spiro atoms. The molecule has 1 nitrogen and oxygen atoms in total. The zero-order chi connectivity index (χ0) is 20.0. The van der Waals surface area contributed by atoms with E-state index in [-0.39, 0.29) is 0 Å². The predicted octanol–water partition coefficient (Wildman–Crippen LogP) is 8.43. The summed E-state index contributed by atoms with van der Waals surface area (Å²) < 4.78 is 69.6. The molecule has 0 radical (unpaired) electrons. The molecule has 0 amide bonds. The number of ether oxygens (including phenoxy) is 1. The first kappa shape index (κ1) is 22.5. The third-order valence-corrected chi connectivity index (χ3v) is 6.52. The average Bonchev–Trinajstić information content (AvgIpc) is 2.59. The largest absolute Gasteiger partial charge is 0.378 e. The van der Waals surface area contributed by atoms with Crippen LogP contribution in [0.1, 0.15) is 70.3 Å². The second kappa shape index (κ2) is 8.27. The highest BCUT2D eigenvalue weighted by Crippen LogP contribution is 3.02. The molecule has 27 heavy (non-hydrogen) atoms. The summed E-state index contributed by atoms with van der Waals surface area (Å²) in [5.41, 5.74) is 0.676. The lowest BCUT2D eigenvalue weighted by Gasteiger charge is -2.40. The van der Waals surface area contributed by atoms with Crippen LogP contribution in [0.3, 0.4) is 0 Å². The highest BCUT2D eigenvalue weighted by atomic mass is 32.5. The Morgan fingerprint density at radius 1 is 0.889 bits per heavy atom. The number of aryl methyl sites for hydroxylation is 1. The van der Waals surface area contributed by atoms with Crippen molar-refractivity contribution in [2.75, 3.05) is 6.61 Å². The lowest BCUT2D eigenvalue weighted by atomic mass is 9.84. The zero-order valence-electron chi connectivity index (χ0n) is 15.9. The summed E-state index contributed by atoms with van der Waals surface area (Å²) in [6.45, 7) is 3.01. The summed E-state index contributed by atoms with van der Waals surface area (Å²) in [6, 6.07) is 3.39. The van der Waals surface area contributed by atoms with E-state index in [1.165, 1.54) is 31.4 Å². The number of hydrogen-bond acceptors (Lipinski definition) is 1. The molecule has 0 heterocycles. The summed E-state index contributed by atoms with van der Waals surface area (Å²) in [5.74, 6) is 0.528. The highest BCUT2D eigenvalue weighted by molar-refractivity contribution is 8.45. The zero-order valence-corrected chi connectivity index (χ0v) is 16.8. The van der Waals surface area contributed by atoms with Gasteiger partial charge in [-0.2, -0.15) is 0 Å². The van der Waals surface area contributed by atoms with Gasteiger partial charge in [0, 0.05) is 6.61 Å². The summed E-state index contributed by atoms with van der Waals surface area (Å²) >= 11 is 0. The minimum absolute atomic E-state index is 0.333. The van der Waals surface area contributed by atoms with Crippen LogP contribution in [0.5, 0.6) is 0 Å². The molecule has 0 N–H and O–H groups in total. The van der Waals surface area contributed by atoms with Gasteiger partial charge >= 0.3 is 10.2 Å². The normalized spacial score (nSPS) is 23.6. The topological polar surface area (TPSA) is 9.23 Å². The fourth-order valence-corrected chi connectivity index (χ4v) is 4.30. The first-order valence-corrected chi connectivity index (χ1v) is 11.9. The third kappa shape index (κ3) is 7.98. The molecule has 1 aliphatic rings. The third-order valence-electron chi connectivity index (χ3n) is 5.36. The minimum atomic E-state index is -9.56. The Labute approximate surface area is 159 Å².